The standard InChI is InChI=1S/C21H30O3/c1-19(2,24-18(22)17-7-13-3-4-16(17)6-13)20-8-14-5-15(9-20)11-21(23,10-14)12-20/h3-4,13-17,23H,5-12H2,1-2H3. The fraction of sp³-hybridized carbons (Fsp3) is 0.857. The predicted molar refractivity (Wildman–Crippen MR) is 91.1 cm³/mol. The van der Waals surface area contributed by atoms with Crippen LogP contribution in [0.5, 0.6) is 0 Å². The van der Waals surface area contributed by atoms with Gasteiger partial charge in [-0.2, -0.15) is 0 Å². The lowest BCUT2D eigenvalue weighted by atomic mass is 9.44. The molecule has 6 rings (SSSR count). The van der Waals surface area contributed by atoms with E-state index in [4.69, 9.17) is 4.74 Å². The SMILES string of the molecule is CC(C)(OC(=O)C1CC2C=CC1C2)C12CC3CC(CC(O)(C3)C1)C2. The maximum absolute atomic E-state index is 12.9. The highest BCUT2D eigenvalue weighted by Gasteiger charge is 2.63. The van der Waals surface area contributed by atoms with Crippen LogP contribution in [0.15, 0.2) is 12.2 Å². The zero-order chi connectivity index (χ0) is 16.7. The third kappa shape index (κ3) is 2.09. The van der Waals surface area contributed by atoms with E-state index in [0.29, 0.717) is 23.7 Å². The summed E-state index contributed by atoms with van der Waals surface area (Å²) in [6.45, 7) is 4.23. The topological polar surface area (TPSA) is 46.5 Å². The van der Waals surface area contributed by atoms with E-state index in [2.05, 4.69) is 26.0 Å². The summed E-state index contributed by atoms with van der Waals surface area (Å²) in [6.07, 6.45) is 12.9. The normalized spacial score (nSPS) is 51.4. The van der Waals surface area contributed by atoms with Crippen LogP contribution in [0.1, 0.15) is 65.2 Å². The Morgan fingerprint density at radius 3 is 2.33 bits per heavy atom. The van der Waals surface area contributed by atoms with Gasteiger partial charge in [-0.05, 0) is 88.9 Å². The second kappa shape index (κ2) is 4.66. The lowest BCUT2D eigenvalue weighted by Gasteiger charge is -2.64. The molecule has 6 bridgehead atoms. The number of fused-ring (bicyclic) bond motifs is 2. The molecule has 0 aromatic heterocycles. The van der Waals surface area contributed by atoms with Gasteiger partial charge in [0.25, 0.3) is 0 Å². The molecule has 5 fully saturated rings. The minimum absolute atomic E-state index is 0.0135. The van der Waals surface area contributed by atoms with Crippen molar-refractivity contribution < 1.29 is 14.6 Å². The molecule has 0 spiro atoms. The Morgan fingerprint density at radius 1 is 1.08 bits per heavy atom. The first-order valence-corrected chi connectivity index (χ1v) is 9.91. The number of ether oxygens (including phenoxy) is 1. The molecule has 5 unspecified atom stereocenters. The molecule has 0 saturated heterocycles. The predicted octanol–water partition coefficient (Wildman–Crippen LogP) is 3.85. The quantitative estimate of drug-likeness (QED) is 0.631. The van der Waals surface area contributed by atoms with Crippen molar-refractivity contribution in [3.63, 3.8) is 0 Å². The van der Waals surface area contributed by atoms with Crippen LogP contribution in [0.4, 0.5) is 0 Å². The largest absolute Gasteiger partial charge is 0.459 e. The molecule has 132 valence electrons. The number of hydrogen-bond acceptors (Lipinski definition) is 3. The Balaban J connectivity index is 1.37. The number of hydrogen-bond donors (Lipinski definition) is 1. The molecule has 1 N–H and O–H groups in total. The fourth-order valence-corrected chi connectivity index (χ4v) is 7.41. The van der Waals surface area contributed by atoms with Crippen molar-refractivity contribution in [3.8, 4) is 0 Å². The number of carbonyl (C=O) groups is 1. The van der Waals surface area contributed by atoms with Crippen LogP contribution < -0.4 is 0 Å². The molecule has 0 aromatic carbocycles. The van der Waals surface area contributed by atoms with Crippen LogP contribution in [-0.2, 0) is 9.53 Å². The molecule has 0 aromatic rings. The van der Waals surface area contributed by atoms with Gasteiger partial charge in [-0.15, -0.1) is 0 Å². The Labute approximate surface area is 144 Å². The second-order valence-corrected chi connectivity index (χ2v) is 10.3. The number of carbonyl (C=O) groups excluding carboxylic acids is 1. The Bertz CT molecular complexity index is 590. The van der Waals surface area contributed by atoms with E-state index in [9.17, 15) is 9.90 Å². The van der Waals surface area contributed by atoms with E-state index in [1.165, 1.54) is 6.42 Å². The molecule has 6 aliphatic carbocycles. The highest BCUT2D eigenvalue weighted by atomic mass is 16.6. The molecule has 5 saturated carbocycles. The van der Waals surface area contributed by atoms with Gasteiger partial charge in [-0.3, -0.25) is 4.79 Å². The highest BCUT2D eigenvalue weighted by Crippen LogP contribution is 2.65. The monoisotopic (exact) mass is 330 g/mol. The van der Waals surface area contributed by atoms with Gasteiger partial charge in [0.05, 0.1) is 11.5 Å². The van der Waals surface area contributed by atoms with Crippen LogP contribution in [0.25, 0.3) is 0 Å². The van der Waals surface area contributed by atoms with Crippen LogP contribution in [-0.4, -0.2) is 22.3 Å². The van der Waals surface area contributed by atoms with Gasteiger partial charge in [0, 0.05) is 5.41 Å². The van der Waals surface area contributed by atoms with Crippen molar-refractivity contribution in [1.29, 1.82) is 0 Å². The van der Waals surface area contributed by atoms with E-state index in [1.54, 1.807) is 0 Å². The molecule has 6 aliphatic rings. The van der Waals surface area contributed by atoms with Crippen molar-refractivity contribution in [2.75, 3.05) is 0 Å². The van der Waals surface area contributed by atoms with Gasteiger partial charge in [0.2, 0.25) is 0 Å². The van der Waals surface area contributed by atoms with E-state index in [0.717, 1.165) is 44.9 Å². The number of allylic oxidation sites excluding steroid dienone is 2. The summed E-state index contributed by atoms with van der Waals surface area (Å²) in [7, 11) is 0. The Morgan fingerprint density at radius 2 is 1.79 bits per heavy atom. The molecular weight excluding hydrogens is 300 g/mol. The maximum Gasteiger partial charge on any atom is 0.310 e. The summed E-state index contributed by atoms with van der Waals surface area (Å²) in [5.41, 5.74) is -0.987. The molecule has 0 heterocycles. The fourth-order valence-electron chi connectivity index (χ4n) is 7.41. The van der Waals surface area contributed by atoms with Gasteiger partial charge in [-0.25, -0.2) is 0 Å². The first-order chi connectivity index (χ1) is 11.3. The lowest BCUT2D eigenvalue weighted by Crippen LogP contribution is -2.63. The van der Waals surface area contributed by atoms with Gasteiger partial charge in [-0.1, -0.05) is 12.2 Å². The van der Waals surface area contributed by atoms with Gasteiger partial charge >= 0.3 is 5.97 Å². The van der Waals surface area contributed by atoms with Gasteiger partial charge in [0.1, 0.15) is 5.60 Å². The van der Waals surface area contributed by atoms with Crippen molar-refractivity contribution in [3.05, 3.63) is 12.2 Å². The minimum Gasteiger partial charge on any atom is -0.459 e. The Hall–Kier alpha value is -0.830. The highest BCUT2D eigenvalue weighted by molar-refractivity contribution is 5.74. The number of esters is 1. The van der Waals surface area contributed by atoms with Crippen molar-refractivity contribution in [1.82, 2.24) is 0 Å². The maximum atomic E-state index is 12.9. The zero-order valence-corrected chi connectivity index (χ0v) is 15.0. The summed E-state index contributed by atoms with van der Waals surface area (Å²) in [5.74, 6) is 2.32. The first kappa shape index (κ1) is 15.4. The van der Waals surface area contributed by atoms with Crippen LogP contribution in [0.2, 0.25) is 0 Å². The lowest BCUT2D eigenvalue weighted by molar-refractivity contribution is -0.234. The van der Waals surface area contributed by atoms with Crippen LogP contribution in [0, 0.1) is 35.0 Å². The number of aliphatic hydroxyl groups is 1. The van der Waals surface area contributed by atoms with Crippen LogP contribution in [0.3, 0.4) is 0 Å². The molecule has 3 nitrogen and oxygen atoms in total. The molecule has 0 radical (unpaired) electrons. The average Bonchev–Trinajstić information content (AvgIpc) is 3.06. The second-order valence-electron chi connectivity index (χ2n) is 10.3. The third-order valence-electron chi connectivity index (χ3n) is 8.24. The van der Waals surface area contributed by atoms with Gasteiger partial charge in [0.15, 0.2) is 0 Å². The molecule has 3 heteroatoms. The van der Waals surface area contributed by atoms with Crippen molar-refractivity contribution in [2.24, 2.45) is 35.0 Å². The molecular formula is C21H30O3. The summed E-state index contributed by atoms with van der Waals surface area (Å²) in [6, 6.07) is 0. The molecule has 0 aliphatic heterocycles. The van der Waals surface area contributed by atoms with E-state index >= 15 is 0 Å². The van der Waals surface area contributed by atoms with Gasteiger partial charge < -0.3 is 9.84 Å². The Kier molecular flexibility index (Phi) is 3.00. The van der Waals surface area contributed by atoms with E-state index in [-0.39, 0.29) is 17.3 Å². The van der Waals surface area contributed by atoms with E-state index < -0.39 is 11.2 Å². The summed E-state index contributed by atoms with van der Waals surface area (Å²) >= 11 is 0. The van der Waals surface area contributed by atoms with Crippen LogP contribution >= 0.6 is 0 Å². The third-order valence-corrected chi connectivity index (χ3v) is 8.24. The average molecular weight is 330 g/mol. The van der Waals surface area contributed by atoms with Crippen molar-refractivity contribution in [2.45, 2.75) is 76.4 Å². The zero-order valence-electron chi connectivity index (χ0n) is 15.0. The number of rotatable bonds is 3. The summed E-state index contributed by atoms with van der Waals surface area (Å²) in [4.78, 5) is 12.9. The first-order valence-electron chi connectivity index (χ1n) is 9.91. The minimum atomic E-state index is -0.497. The molecule has 5 atom stereocenters. The summed E-state index contributed by atoms with van der Waals surface area (Å²) in [5, 5.41) is 11.0. The van der Waals surface area contributed by atoms with Crippen molar-refractivity contribution >= 4 is 5.97 Å². The molecule has 0 amide bonds. The molecule has 24 heavy (non-hydrogen) atoms. The summed E-state index contributed by atoms with van der Waals surface area (Å²) < 4.78 is 6.22. The smallest absolute Gasteiger partial charge is 0.310 e. The van der Waals surface area contributed by atoms with E-state index in [1.807, 2.05) is 0 Å².